The van der Waals surface area contributed by atoms with E-state index in [4.69, 9.17) is 4.74 Å². The normalized spacial score (nSPS) is 14.5. The fourth-order valence-corrected chi connectivity index (χ4v) is 3.43. The molecule has 0 saturated carbocycles. The highest BCUT2D eigenvalue weighted by Gasteiger charge is 2.22. The molecular formula is C25H27N3O4. The number of carbonyl (C=O) groups excluding carboxylic acids is 2. The summed E-state index contributed by atoms with van der Waals surface area (Å²) in [5, 5.41) is 9.49. The lowest BCUT2D eigenvalue weighted by Crippen LogP contribution is -2.48. The lowest BCUT2D eigenvalue weighted by molar-refractivity contribution is -0.128. The number of nitrogens with zero attached hydrogens (tertiary/aromatic N) is 3. The predicted octanol–water partition coefficient (Wildman–Crippen LogP) is 3.12. The zero-order valence-electron chi connectivity index (χ0n) is 18.4. The number of nitriles is 1. The van der Waals surface area contributed by atoms with Crippen molar-refractivity contribution < 1.29 is 19.1 Å². The van der Waals surface area contributed by atoms with Gasteiger partial charge in [0, 0.05) is 26.2 Å². The number of hydrogen-bond acceptors (Lipinski definition) is 6. The Kier molecular flexibility index (Phi) is 8.01. The molecule has 0 aromatic heterocycles. The van der Waals surface area contributed by atoms with E-state index in [2.05, 4.69) is 16.6 Å². The second-order valence-electron chi connectivity index (χ2n) is 7.44. The average molecular weight is 434 g/mol. The molecule has 1 aliphatic heterocycles. The van der Waals surface area contributed by atoms with Gasteiger partial charge >= 0.3 is 5.97 Å². The van der Waals surface area contributed by atoms with Gasteiger partial charge in [-0.25, -0.2) is 4.79 Å². The van der Waals surface area contributed by atoms with Gasteiger partial charge in [-0.1, -0.05) is 31.2 Å². The van der Waals surface area contributed by atoms with Gasteiger partial charge in [0.15, 0.2) is 0 Å². The van der Waals surface area contributed by atoms with Gasteiger partial charge in [0.05, 0.1) is 12.7 Å². The molecule has 2 aromatic carbocycles. The molecule has 0 bridgehead atoms. The van der Waals surface area contributed by atoms with Gasteiger partial charge in [-0.3, -0.25) is 4.79 Å². The Morgan fingerprint density at radius 3 is 2.25 bits per heavy atom. The molecule has 32 heavy (non-hydrogen) atoms. The molecule has 7 nitrogen and oxygen atoms in total. The van der Waals surface area contributed by atoms with E-state index in [1.165, 1.54) is 7.11 Å². The van der Waals surface area contributed by atoms with Crippen LogP contribution in [0.3, 0.4) is 0 Å². The Hall–Kier alpha value is -3.63. The number of likely N-dealkylation sites (N-methyl/N-ethyl adjacent to an activating group) is 1. The molecule has 0 unspecified atom stereocenters. The van der Waals surface area contributed by atoms with Gasteiger partial charge in [0.2, 0.25) is 0 Å². The summed E-state index contributed by atoms with van der Waals surface area (Å²) in [5.74, 6) is 0.0678. The second kappa shape index (κ2) is 11.1. The molecule has 1 amide bonds. The van der Waals surface area contributed by atoms with Crippen LogP contribution in [0.25, 0.3) is 6.08 Å². The van der Waals surface area contributed by atoms with Crippen LogP contribution in [-0.4, -0.2) is 61.5 Å². The minimum atomic E-state index is -0.375. The molecule has 3 rings (SSSR count). The summed E-state index contributed by atoms with van der Waals surface area (Å²) in [7, 11) is 1.35. The van der Waals surface area contributed by atoms with Crippen LogP contribution in [0.15, 0.2) is 54.1 Å². The van der Waals surface area contributed by atoms with Crippen molar-refractivity contribution in [2.24, 2.45) is 0 Å². The molecule has 0 radical (unpaired) electrons. The van der Waals surface area contributed by atoms with Crippen LogP contribution in [0.1, 0.15) is 28.4 Å². The van der Waals surface area contributed by atoms with Crippen molar-refractivity contribution in [1.82, 2.24) is 9.80 Å². The Labute approximate surface area is 188 Å². The van der Waals surface area contributed by atoms with E-state index in [9.17, 15) is 14.9 Å². The van der Waals surface area contributed by atoms with Crippen LogP contribution in [-0.2, 0) is 16.1 Å². The van der Waals surface area contributed by atoms with Crippen molar-refractivity contribution in [1.29, 1.82) is 5.26 Å². The van der Waals surface area contributed by atoms with Crippen molar-refractivity contribution in [2.75, 3.05) is 39.8 Å². The lowest BCUT2D eigenvalue weighted by Gasteiger charge is -2.33. The molecule has 0 N–H and O–H groups in total. The molecule has 1 heterocycles. The third-order valence-electron chi connectivity index (χ3n) is 5.43. The first-order chi connectivity index (χ1) is 15.5. The highest BCUT2D eigenvalue weighted by molar-refractivity contribution is 6.01. The zero-order valence-corrected chi connectivity index (χ0v) is 18.4. The molecule has 7 heteroatoms. The molecule has 1 saturated heterocycles. The minimum absolute atomic E-state index is 0.134. The highest BCUT2D eigenvalue weighted by atomic mass is 16.5. The number of hydrogen-bond donors (Lipinski definition) is 0. The van der Waals surface area contributed by atoms with Crippen molar-refractivity contribution in [3.8, 4) is 11.8 Å². The number of rotatable bonds is 7. The SMILES string of the molecule is CCN1CCN(C(=O)C(C#N)=Cc2ccc(OCc3ccc(C(=O)OC)cc3)cc2)CC1. The molecular weight excluding hydrogens is 406 g/mol. The first-order valence-corrected chi connectivity index (χ1v) is 10.6. The topological polar surface area (TPSA) is 82.9 Å². The van der Waals surface area contributed by atoms with Crippen molar-refractivity contribution >= 4 is 18.0 Å². The van der Waals surface area contributed by atoms with E-state index < -0.39 is 0 Å². The van der Waals surface area contributed by atoms with Crippen molar-refractivity contribution in [3.05, 3.63) is 70.8 Å². The van der Waals surface area contributed by atoms with E-state index in [1.807, 2.05) is 30.3 Å². The maximum absolute atomic E-state index is 12.7. The average Bonchev–Trinajstić information content (AvgIpc) is 2.86. The lowest BCUT2D eigenvalue weighted by atomic mass is 10.1. The van der Waals surface area contributed by atoms with Crippen LogP contribution in [0.4, 0.5) is 0 Å². The van der Waals surface area contributed by atoms with Gasteiger partial charge < -0.3 is 19.3 Å². The molecule has 0 spiro atoms. The standard InChI is InChI=1S/C25H27N3O4/c1-3-27-12-14-28(15-13-27)24(29)22(17-26)16-19-6-10-23(11-7-19)32-18-20-4-8-21(9-5-20)25(30)31-2/h4-11,16H,3,12-15,18H2,1-2H3. The third kappa shape index (κ3) is 5.96. The molecule has 166 valence electrons. The summed E-state index contributed by atoms with van der Waals surface area (Å²) in [6, 6.07) is 16.3. The molecule has 2 aromatic rings. The van der Waals surface area contributed by atoms with Gasteiger partial charge in [0.25, 0.3) is 5.91 Å². The Bertz CT molecular complexity index is 999. The Morgan fingerprint density at radius 2 is 1.69 bits per heavy atom. The first-order valence-electron chi connectivity index (χ1n) is 10.6. The minimum Gasteiger partial charge on any atom is -0.489 e. The number of methoxy groups -OCH3 is 1. The maximum Gasteiger partial charge on any atom is 0.337 e. The predicted molar refractivity (Wildman–Crippen MR) is 121 cm³/mol. The number of carbonyl (C=O) groups is 2. The van der Waals surface area contributed by atoms with Crippen LogP contribution in [0.5, 0.6) is 5.75 Å². The zero-order chi connectivity index (χ0) is 22.9. The second-order valence-corrected chi connectivity index (χ2v) is 7.44. The van der Waals surface area contributed by atoms with Gasteiger partial charge in [-0.05, 0) is 48.0 Å². The summed E-state index contributed by atoms with van der Waals surface area (Å²) in [6.45, 7) is 6.36. The summed E-state index contributed by atoms with van der Waals surface area (Å²) < 4.78 is 10.5. The van der Waals surface area contributed by atoms with E-state index in [0.29, 0.717) is 31.0 Å². The van der Waals surface area contributed by atoms with Gasteiger partial charge in [-0.2, -0.15) is 5.26 Å². The monoisotopic (exact) mass is 433 g/mol. The van der Waals surface area contributed by atoms with E-state index in [0.717, 1.165) is 30.8 Å². The molecule has 0 aliphatic carbocycles. The fourth-order valence-electron chi connectivity index (χ4n) is 3.43. The van der Waals surface area contributed by atoms with E-state index in [-0.39, 0.29) is 17.4 Å². The number of ether oxygens (including phenoxy) is 2. The summed E-state index contributed by atoms with van der Waals surface area (Å²) >= 11 is 0. The number of amides is 1. The van der Waals surface area contributed by atoms with Crippen LogP contribution >= 0.6 is 0 Å². The van der Waals surface area contributed by atoms with E-state index >= 15 is 0 Å². The smallest absolute Gasteiger partial charge is 0.337 e. The summed E-state index contributed by atoms with van der Waals surface area (Å²) in [5.41, 5.74) is 2.30. The van der Waals surface area contributed by atoms with Gasteiger partial charge in [-0.15, -0.1) is 0 Å². The largest absolute Gasteiger partial charge is 0.489 e. The van der Waals surface area contributed by atoms with E-state index in [1.54, 1.807) is 35.2 Å². The van der Waals surface area contributed by atoms with Crippen molar-refractivity contribution in [2.45, 2.75) is 13.5 Å². The van der Waals surface area contributed by atoms with Crippen LogP contribution in [0.2, 0.25) is 0 Å². The number of piperazine rings is 1. The number of esters is 1. The summed E-state index contributed by atoms with van der Waals surface area (Å²) in [6.07, 6.45) is 1.61. The fraction of sp³-hybridized carbons (Fsp3) is 0.320. The third-order valence-corrected chi connectivity index (χ3v) is 5.43. The quantitative estimate of drug-likeness (QED) is 0.379. The Balaban J connectivity index is 1.58. The number of benzene rings is 2. The van der Waals surface area contributed by atoms with Crippen molar-refractivity contribution in [3.63, 3.8) is 0 Å². The van der Waals surface area contributed by atoms with Crippen LogP contribution < -0.4 is 4.74 Å². The van der Waals surface area contributed by atoms with Gasteiger partial charge in [0.1, 0.15) is 24.0 Å². The molecule has 1 fully saturated rings. The highest BCUT2D eigenvalue weighted by Crippen LogP contribution is 2.18. The summed E-state index contributed by atoms with van der Waals surface area (Å²) in [4.78, 5) is 28.2. The Morgan fingerprint density at radius 1 is 1.03 bits per heavy atom. The van der Waals surface area contributed by atoms with Crippen LogP contribution in [0, 0.1) is 11.3 Å². The first kappa shape index (κ1) is 23.0. The molecule has 0 atom stereocenters. The maximum atomic E-state index is 12.7. The molecule has 1 aliphatic rings.